The van der Waals surface area contributed by atoms with Crippen LogP contribution in [0.15, 0.2) is 122 Å². The molecule has 4 heteroatoms. The Labute approximate surface area is 473 Å². The van der Waals surface area contributed by atoms with Crippen LogP contribution in [0.5, 0.6) is 0 Å². The smallest absolute Gasteiger partial charge is 0.220 e. The third-order valence-corrected chi connectivity index (χ3v) is 14.4. The quantitative estimate of drug-likeness (QED) is 0.0420. The predicted octanol–water partition coefficient (Wildman–Crippen LogP) is 22.4. The summed E-state index contributed by atoms with van der Waals surface area (Å²) in [6.07, 6.45) is 101. The predicted molar refractivity (Wildman–Crippen MR) is 340 cm³/mol. The second-order valence-corrected chi connectivity index (χ2v) is 21.8. The van der Waals surface area contributed by atoms with Crippen molar-refractivity contribution in [3.05, 3.63) is 122 Å². The number of amides is 1. The molecule has 0 fully saturated rings. The van der Waals surface area contributed by atoms with Gasteiger partial charge in [-0.15, -0.1) is 0 Å². The van der Waals surface area contributed by atoms with Gasteiger partial charge >= 0.3 is 0 Å². The summed E-state index contributed by atoms with van der Waals surface area (Å²) in [7, 11) is 0. The fourth-order valence-electron chi connectivity index (χ4n) is 9.49. The molecule has 0 aliphatic carbocycles. The first kappa shape index (κ1) is 72.8. The Hall–Kier alpha value is -3.21. The molecule has 2 atom stereocenters. The van der Waals surface area contributed by atoms with Gasteiger partial charge in [0.25, 0.3) is 0 Å². The lowest BCUT2D eigenvalue weighted by Gasteiger charge is -2.19. The Morgan fingerprint density at radius 2 is 0.592 bits per heavy atom. The van der Waals surface area contributed by atoms with E-state index in [0.29, 0.717) is 6.42 Å². The van der Waals surface area contributed by atoms with Crippen molar-refractivity contribution in [1.82, 2.24) is 5.32 Å². The van der Waals surface area contributed by atoms with E-state index in [4.69, 9.17) is 0 Å². The second kappa shape index (κ2) is 66.1. The number of hydrogen-bond donors (Lipinski definition) is 3. The summed E-state index contributed by atoms with van der Waals surface area (Å²) < 4.78 is 0. The van der Waals surface area contributed by atoms with Crippen molar-refractivity contribution in [3.8, 4) is 0 Å². The number of nitrogens with one attached hydrogen (secondary N) is 1. The molecule has 0 spiro atoms. The monoisotopic (exact) mass is 1050 g/mol. The second-order valence-electron chi connectivity index (χ2n) is 21.8. The van der Waals surface area contributed by atoms with Gasteiger partial charge in [-0.3, -0.25) is 4.79 Å². The zero-order valence-corrected chi connectivity index (χ0v) is 50.2. The lowest BCUT2D eigenvalue weighted by Crippen LogP contribution is -2.45. The number of aliphatic hydroxyl groups is 2. The van der Waals surface area contributed by atoms with Gasteiger partial charge in [0.15, 0.2) is 0 Å². The molecule has 0 bridgehead atoms. The van der Waals surface area contributed by atoms with E-state index in [1.807, 2.05) is 6.08 Å². The summed E-state index contributed by atoms with van der Waals surface area (Å²) in [6.45, 7) is 4.19. The van der Waals surface area contributed by atoms with E-state index in [1.54, 1.807) is 6.08 Å². The van der Waals surface area contributed by atoms with E-state index in [2.05, 4.69) is 129 Å². The molecule has 0 aliphatic heterocycles. The number of hydrogen-bond acceptors (Lipinski definition) is 3. The highest BCUT2D eigenvalue weighted by Crippen LogP contribution is 2.17. The SMILES string of the molecule is CC/C=C\C/C=C\C/C=C\C/C=C\C/C=C\C/C=C\C/C=C\CCCCCCCCCCCCCCCCCCCCCC(=O)NC(CO)C(O)/C=C/CC/C=C/CC/C=C/CCCCCCCCCCCCCCC. The largest absolute Gasteiger partial charge is 0.394 e. The normalized spacial score (nSPS) is 13.6. The van der Waals surface area contributed by atoms with Gasteiger partial charge in [-0.2, -0.15) is 0 Å². The summed E-state index contributed by atoms with van der Waals surface area (Å²) in [6, 6.07) is -0.652. The summed E-state index contributed by atoms with van der Waals surface area (Å²) >= 11 is 0. The van der Waals surface area contributed by atoms with Gasteiger partial charge in [0, 0.05) is 6.42 Å². The molecule has 3 N–H and O–H groups in total. The van der Waals surface area contributed by atoms with Crippen LogP contribution in [0.1, 0.15) is 309 Å². The van der Waals surface area contributed by atoms with E-state index >= 15 is 0 Å². The molecule has 0 aromatic carbocycles. The van der Waals surface area contributed by atoms with E-state index in [-0.39, 0.29) is 12.5 Å². The number of aliphatic hydroxyl groups excluding tert-OH is 2. The maximum atomic E-state index is 12.5. The van der Waals surface area contributed by atoms with E-state index in [0.717, 1.165) is 83.5 Å². The summed E-state index contributed by atoms with van der Waals surface area (Å²) in [4.78, 5) is 12.5. The number of allylic oxidation sites excluding steroid dienone is 19. The van der Waals surface area contributed by atoms with Crippen LogP contribution in [-0.4, -0.2) is 34.9 Å². The highest BCUT2D eigenvalue weighted by atomic mass is 16.3. The van der Waals surface area contributed by atoms with Gasteiger partial charge in [0.1, 0.15) is 0 Å². The number of carbonyl (C=O) groups is 1. The fourth-order valence-corrected chi connectivity index (χ4v) is 9.49. The molecule has 2 unspecified atom stereocenters. The lowest BCUT2D eigenvalue weighted by molar-refractivity contribution is -0.123. The van der Waals surface area contributed by atoms with Gasteiger partial charge in [-0.05, 0) is 103 Å². The molecule has 436 valence electrons. The minimum atomic E-state index is -0.876. The molecule has 0 aliphatic rings. The lowest BCUT2D eigenvalue weighted by atomic mass is 10.0. The Balaban J connectivity index is 3.53. The first-order chi connectivity index (χ1) is 37.7. The van der Waals surface area contributed by atoms with Crippen LogP contribution >= 0.6 is 0 Å². The van der Waals surface area contributed by atoms with E-state index in [9.17, 15) is 15.0 Å². The molecule has 4 nitrogen and oxygen atoms in total. The fraction of sp³-hybridized carbons (Fsp3) is 0.708. The van der Waals surface area contributed by atoms with Crippen LogP contribution in [0.3, 0.4) is 0 Å². The zero-order chi connectivity index (χ0) is 54.8. The van der Waals surface area contributed by atoms with Crippen LogP contribution in [-0.2, 0) is 4.79 Å². The molecule has 0 aromatic rings. The van der Waals surface area contributed by atoms with E-state index < -0.39 is 12.1 Å². The molecule has 0 heterocycles. The Kier molecular flexibility index (Phi) is 63.3. The first-order valence-corrected chi connectivity index (χ1v) is 32.7. The maximum Gasteiger partial charge on any atom is 0.220 e. The van der Waals surface area contributed by atoms with Crippen molar-refractivity contribution < 1.29 is 15.0 Å². The summed E-state index contributed by atoms with van der Waals surface area (Å²) in [5.74, 6) is -0.0772. The molecule has 76 heavy (non-hydrogen) atoms. The van der Waals surface area contributed by atoms with Crippen molar-refractivity contribution in [1.29, 1.82) is 0 Å². The van der Waals surface area contributed by atoms with Crippen molar-refractivity contribution in [2.24, 2.45) is 0 Å². The Morgan fingerprint density at radius 1 is 0.329 bits per heavy atom. The van der Waals surface area contributed by atoms with Crippen LogP contribution in [0.4, 0.5) is 0 Å². The highest BCUT2D eigenvalue weighted by molar-refractivity contribution is 5.76. The molecule has 0 saturated heterocycles. The van der Waals surface area contributed by atoms with Crippen molar-refractivity contribution in [3.63, 3.8) is 0 Å². The molecule has 0 rings (SSSR count). The Morgan fingerprint density at radius 3 is 0.921 bits per heavy atom. The van der Waals surface area contributed by atoms with Crippen molar-refractivity contribution >= 4 is 5.91 Å². The molecular formula is C72H125NO3. The molecule has 0 radical (unpaired) electrons. The van der Waals surface area contributed by atoms with Gasteiger partial charge < -0.3 is 15.5 Å². The zero-order valence-electron chi connectivity index (χ0n) is 50.2. The number of carbonyl (C=O) groups excluding carboxylic acids is 1. The third-order valence-electron chi connectivity index (χ3n) is 14.4. The van der Waals surface area contributed by atoms with Gasteiger partial charge in [-0.25, -0.2) is 0 Å². The van der Waals surface area contributed by atoms with Crippen LogP contribution in [0, 0.1) is 0 Å². The van der Waals surface area contributed by atoms with Gasteiger partial charge in [0.05, 0.1) is 18.8 Å². The van der Waals surface area contributed by atoms with Crippen LogP contribution < -0.4 is 5.32 Å². The molecule has 0 saturated carbocycles. The van der Waals surface area contributed by atoms with Crippen LogP contribution in [0.2, 0.25) is 0 Å². The minimum absolute atomic E-state index is 0.0772. The number of rotatable bonds is 59. The van der Waals surface area contributed by atoms with Crippen LogP contribution in [0.25, 0.3) is 0 Å². The average Bonchev–Trinajstić information content (AvgIpc) is 3.42. The third kappa shape index (κ3) is 61.6. The van der Waals surface area contributed by atoms with Crippen molar-refractivity contribution in [2.75, 3.05) is 6.61 Å². The van der Waals surface area contributed by atoms with Crippen molar-refractivity contribution in [2.45, 2.75) is 321 Å². The Bertz CT molecular complexity index is 1470. The minimum Gasteiger partial charge on any atom is -0.394 e. The summed E-state index contributed by atoms with van der Waals surface area (Å²) in [5.41, 5.74) is 0. The molecular weight excluding hydrogens is 927 g/mol. The van der Waals surface area contributed by atoms with Gasteiger partial charge in [0.2, 0.25) is 5.91 Å². The number of unbranched alkanes of at least 4 members (excludes halogenated alkanes) is 34. The average molecular weight is 1050 g/mol. The highest BCUT2D eigenvalue weighted by Gasteiger charge is 2.18. The van der Waals surface area contributed by atoms with Gasteiger partial charge in [-0.1, -0.05) is 322 Å². The molecule has 1 amide bonds. The maximum absolute atomic E-state index is 12.5. The first-order valence-electron chi connectivity index (χ1n) is 32.7. The molecule has 0 aromatic heterocycles. The topological polar surface area (TPSA) is 69.6 Å². The van der Waals surface area contributed by atoms with E-state index in [1.165, 1.54) is 205 Å². The standard InChI is InChI=1S/C72H125NO3/c1-3-5-7-9-11-13-15-17-19-21-23-25-27-28-29-30-31-32-33-34-35-36-37-38-39-40-41-42-43-44-46-48-50-52-54-56-58-60-62-64-66-68-72(76)73-70(69-74)71(75)67-65-63-61-59-57-55-53-51-49-47-45-26-24-22-20-18-16-14-12-10-8-6-4-2/h5,7,11,13,17,19,23,25,28-29,31-32,34-35,49,51,57,59,65,67,70-71,74-75H,3-4,6,8-10,12,14-16,18,20-22,24,26-27,30,33,36-48,50,52-56,58,60-64,66,68-69H2,1-2H3,(H,73,76)/b7-5-,13-11-,19-17-,25-23-,29-28-,32-31-,35-34-,51-49+,59-57+,67-65+. The summed E-state index contributed by atoms with van der Waals surface area (Å²) in [5, 5.41) is 23.2.